The SMILES string of the molecule is N#Cc1cc(Br)ccc1NCC(O)Cn1cccn1. The minimum Gasteiger partial charge on any atom is -0.389 e. The Morgan fingerprint density at radius 1 is 1.53 bits per heavy atom. The summed E-state index contributed by atoms with van der Waals surface area (Å²) in [6.07, 6.45) is 2.89. The Morgan fingerprint density at radius 2 is 2.37 bits per heavy atom. The molecule has 0 aliphatic rings. The molecule has 2 N–H and O–H groups in total. The van der Waals surface area contributed by atoms with Gasteiger partial charge in [0, 0.05) is 23.4 Å². The number of nitrogens with zero attached hydrogens (tertiary/aromatic N) is 3. The van der Waals surface area contributed by atoms with Crippen molar-refractivity contribution in [1.82, 2.24) is 9.78 Å². The van der Waals surface area contributed by atoms with Gasteiger partial charge in [0.25, 0.3) is 0 Å². The molecular formula is C13H13BrN4O. The number of aliphatic hydroxyl groups is 1. The molecule has 98 valence electrons. The van der Waals surface area contributed by atoms with Crippen LogP contribution >= 0.6 is 15.9 Å². The standard InChI is InChI=1S/C13H13BrN4O/c14-11-2-3-13(10(6-11)7-15)16-8-12(19)9-18-5-1-4-17-18/h1-6,12,16,19H,8-9H2. The molecule has 0 saturated heterocycles. The summed E-state index contributed by atoms with van der Waals surface area (Å²) in [7, 11) is 0. The topological polar surface area (TPSA) is 73.9 Å². The predicted molar refractivity (Wildman–Crippen MR) is 75.6 cm³/mol. The molecule has 1 atom stereocenters. The maximum absolute atomic E-state index is 9.88. The van der Waals surface area contributed by atoms with E-state index in [0.29, 0.717) is 24.3 Å². The van der Waals surface area contributed by atoms with Gasteiger partial charge in [0.05, 0.1) is 23.9 Å². The van der Waals surface area contributed by atoms with Crippen LogP contribution in [0.15, 0.2) is 41.1 Å². The van der Waals surface area contributed by atoms with Crippen LogP contribution in [0, 0.1) is 11.3 Å². The number of benzene rings is 1. The van der Waals surface area contributed by atoms with Crippen molar-refractivity contribution in [2.75, 3.05) is 11.9 Å². The van der Waals surface area contributed by atoms with Gasteiger partial charge in [-0.1, -0.05) is 15.9 Å². The largest absolute Gasteiger partial charge is 0.389 e. The van der Waals surface area contributed by atoms with E-state index in [1.807, 2.05) is 18.2 Å². The molecule has 0 aliphatic carbocycles. The first kappa shape index (κ1) is 13.6. The third-order valence-corrected chi connectivity index (χ3v) is 3.08. The summed E-state index contributed by atoms with van der Waals surface area (Å²) < 4.78 is 2.52. The highest BCUT2D eigenvalue weighted by Crippen LogP contribution is 2.20. The lowest BCUT2D eigenvalue weighted by molar-refractivity contribution is 0.161. The summed E-state index contributed by atoms with van der Waals surface area (Å²) in [5.41, 5.74) is 1.26. The van der Waals surface area contributed by atoms with Crippen LogP contribution in [0.3, 0.4) is 0 Å². The van der Waals surface area contributed by atoms with Crippen LogP contribution in [0.2, 0.25) is 0 Å². The van der Waals surface area contributed by atoms with Crippen molar-refractivity contribution < 1.29 is 5.11 Å². The second kappa shape index (κ2) is 6.36. The van der Waals surface area contributed by atoms with E-state index < -0.39 is 6.10 Å². The van der Waals surface area contributed by atoms with Gasteiger partial charge in [-0.05, 0) is 24.3 Å². The highest BCUT2D eigenvalue weighted by atomic mass is 79.9. The molecule has 6 heteroatoms. The Balaban J connectivity index is 1.93. The maximum Gasteiger partial charge on any atom is 0.101 e. The molecule has 2 rings (SSSR count). The number of hydrogen-bond donors (Lipinski definition) is 2. The van der Waals surface area contributed by atoms with Crippen LogP contribution in [0.4, 0.5) is 5.69 Å². The van der Waals surface area contributed by atoms with Crippen LogP contribution in [0.5, 0.6) is 0 Å². The van der Waals surface area contributed by atoms with Crippen molar-refractivity contribution in [3.05, 3.63) is 46.7 Å². The first-order valence-corrected chi connectivity index (χ1v) is 6.57. The normalized spacial score (nSPS) is 11.8. The Labute approximate surface area is 119 Å². The molecule has 2 aromatic rings. The van der Waals surface area contributed by atoms with E-state index in [4.69, 9.17) is 5.26 Å². The van der Waals surface area contributed by atoms with Crippen molar-refractivity contribution in [3.8, 4) is 6.07 Å². The molecular weight excluding hydrogens is 308 g/mol. The molecule has 0 aliphatic heterocycles. The number of anilines is 1. The van der Waals surface area contributed by atoms with E-state index in [2.05, 4.69) is 32.4 Å². The zero-order valence-corrected chi connectivity index (χ0v) is 11.7. The Morgan fingerprint density at radius 3 is 3.05 bits per heavy atom. The zero-order valence-electron chi connectivity index (χ0n) is 10.1. The van der Waals surface area contributed by atoms with Gasteiger partial charge in [0.2, 0.25) is 0 Å². The lowest BCUT2D eigenvalue weighted by Gasteiger charge is -2.13. The van der Waals surface area contributed by atoms with Crippen LogP contribution in [-0.4, -0.2) is 27.5 Å². The van der Waals surface area contributed by atoms with Gasteiger partial charge in [0.15, 0.2) is 0 Å². The summed E-state index contributed by atoms with van der Waals surface area (Å²) in [5, 5.41) is 26.0. The van der Waals surface area contributed by atoms with Gasteiger partial charge in [-0.2, -0.15) is 10.4 Å². The first-order valence-electron chi connectivity index (χ1n) is 5.78. The second-order valence-electron chi connectivity index (χ2n) is 4.06. The number of nitriles is 1. The van der Waals surface area contributed by atoms with Gasteiger partial charge in [0.1, 0.15) is 6.07 Å². The maximum atomic E-state index is 9.88. The molecule has 19 heavy (non-hydrogen) atoms. The minimum absolute atomic E-state index is 0.357. The van der Waals surface area contributed by atoms with Crippen molar-refractivity contribution in [2.24, 2.45) is 0 Å². The van der Waals surface area contributed by atoms with Gasteiger partial charge >= 0.3 is 0 Å². The Kier molecular flexibility index (Phi) is 4.55. The fraction of sp³-hybridized carbons (Fsp3) is 0.231. The predicted octanol–water partition coefficient (Wildman–Crippen LogP) is 1.99. The van der Waals surface area contributed by atoms with Crippen LogP contribution in [0.25, 0.3) is 0 Å². The number of rotatable bonds is 5. The van der Waals surface area contributed by atoms with Crippen molar-refractivity contribution in [3.63, 3.8) is 0 Å². The molecule has 5 nitrogen and oxygen atoms in total. The molecule has 0 radical (unpaired) electrons. The number of hydrogen-bond acceptors (Lipinski definition) is 4. The van der Waals surface area contributed by atoms with Crippen LogP contribution in [0.1, 0.15) is 5.56 Å². The molecule has 0 amide bonds. The number of aliphatic hydroxyl groups excluding tert-OH is 1. The van der Waals surface area contributed by atoms with Gasteiger partial charge < -0.3 is 10.4 Å². The number of halogens is 1. The average molecular weight is 321 g/mol. The van der Waals surface area contributed by atoms with Crippen LogP contribution < -0.4 is 5.32 Å². The third-order valence-electron chi connectivity index (χ3n) is 2.59. The fourth-order valence-electron chi connectivity index (χ4n) is 1.68. The molecule has 0 saturated carbocycles. The summed E-state index contributed by atoms with van der Waals surface area (Å²) in [4.78, 5) is 0. The van der Waals surface area contributed by atoms with E-state index >= 15 is 0 Å². The zero-order chi connectivity index (χ0) is 13.7. The summed E-state index contributed by atoms with van der Waals surface area (Å²) in [5.74, 6) is 0. The van der Waals surface area contributed by atoms with Crippen molar-refractivity contribution in [1.29, 1.82) is 5.26 Å². The summed E-state index contributed by atoms with van der Waals surface area (Å²) in [6, 6.07) is 9.32. The van der Waals surface area contributed by atoms with E-state index in [9.17, 15) is 5.11 Å². The molecule has 1 aromatic carbocycles. The highest BCUT2D eigenvalue weighted by Gasteiger charge is 2.07. The molecule has 1 unspecified atom stereocenters. The lowest BCUT2D eigenvalue weighted by Crippen LogP contribution is -2.25. The Bertz CT molecular complexity index is 577. The monoisotopic (exact) mass is 320 g/mol. The highest BCUT2D eigenvalue weighted by molar-refractivity contribution is 9.10. The van der Waals surface area contributed by atoms with Gasteiger partial charge in [-0.15, -0.1) is 0 Å². The third kappa shape index (κ3) is 3.81. The second-order valence-corrected chi connectivity index (χ2v) is 4.98. The smallest absolute Gasteiger partial charge is 0.101 e. The van der Waals surface area contributed by atoms with Gasteiger partial charge in [-0.3, -0.25) is 4.68 Å². The molecule has 0 fully saturated rings. The fourth-order valence-corrected chi connectivity index (χ4v) is 2.04. The van der Waals surface area contributed by atoms with E-state index in [-0.39, 0.29) is 0 Å². The summed E-state index contributed by atoms with van der Waals surface area (Å²) in [6.45, 7) is 0.772. The quantitative estimate of drug-likeness (QED) is 0.883. The molecule has 0 spiro atoms. The molecule has 0 bridgehead atoms. The summed E-state index contributed by atoms with van der Waals surface area (Å²) >= 11 is 3.32. The minimum atomic E-state index is -0.574. The van der Waals surface area contributed by atoms with E-state index in [0.717, 1.165) is 4.47 Å². The lowest BCUT2D eigenvalue weighted by atomic mass is 10.2. The van der Waals surface area contributed by atoms with E-state index in [1.165, 1.54) is 0 Å². The van der Waals surface area contributed by atoms with Crippen molar-refractivity contribution >= 4 is 21.6 Å². The molecule has 1 heterocycles. The molecule has 1 aromatic heterocycles. The van der Waals surface area contributed by atoms with E-state index in [1.54, 1.807) is 23.1 Å². The van der Waals surface area contributed by atoms with Gasteiger partial charge in [-0.25, -0.2) is 0 Å². The first-order chi connectivity index (χ1) is 9.19. The number of nitrogens with one attached hydrogen (secondary N) is 1. The number of aromatic nitrogens is 2. The van der Waals surface area contributed by atoms with Crippen LogP contribution in [-0.2, 0) is 6.54 Å². The Hall–Kier alpha value is -1.84. The van der Waals surface area contributed by atoms with Crippen molar-refractivity contribution in [2.45, 2.75) is 12.6 Å². The average Bonchev–Trinajstić information content (AvgIpc) is 2.90.